The number of carbonyl (C=O) groups is 2. The number of fused-ring (bicyclic) bond motifs is 1. The zero-order chi connectivity index (χ0) is 26.2. The number of amides is 2. The summed E-state index contributed by atoms with van der Waals surface area (Å²) in [6, 6.07) is 23.7. The van der Waals surface area contributed by atoms with Crippen molar-refractivity contribution in [2.45, 2.75) is 37.8 Å². The van der Waals surface area contributed by atoms with Crippen LogP contribution in [0.1, 0.15) is 39.7 Å². The van der Waals surface area contributed by atoms with Crippen molar-refractivity contribution in [1.29, 1.82) is 0 Å². The van der Waals surface area contributed by atoms with Crippen LogP contribution in [0.4, 0.5) is 0 Å². The Balaban J connectivity index is 1.34. The minimum absolute atomic E-state index is 0.00599. The van der Waals surface area contributed by atoms with Gasteiger partial charge >= 0.3 is 0 Å². The summed E-state index contributed by atoms with van der Waals surface area (Å²) in [6.07, 6.45) is -1.46. The molecule has 0 aromatic heterocycles. The topological polar surface area (TPSA) is 111 Å². The van der Waals surface area contributed by atoms with Crippen LogP contribution in [-0.4, -0.2) is 59.3 Å². The fourth-order valence-electron chi connectivity index (χ4n) is 4.52. The molecule has 0 radical (unpaired) electrons. The molecule has 0 saturated heterocycles. The molecule has 1 unspecified atom stereocenters. The lowest BCUT2D eigenvalue weighted by molar-refractivity contribution is -0.123. The van der Waals surface area contributed by atoms with Gasteiger partial charge in [-0.05, 0) is 35.7 Å². The molecule has 4 N–H and O–H groups in total. The highest BCUT2D eigenvalue weighted by Gasteiger charge is 2.35. The molecule has 0 aliphatic carbocycles. The standard InChI is InChI=1S/C29H33N3O5/c1-37-22-11-7-10-21(16-22)18-30-19-26(33)25(17-20-8-3-2-4-9-20)31-27(34)14-15-32-28(35)23-12-5-6-13-24(23)29(32)36/h2-13,16,25-26,28,30,33,35H,14-15,17-19H2,1H3,(H,31,34)/t25-,26+,28?/m0/s1. The maximum Gasteiger partial charge on any atom is 0.256 e. The summed E-state index contributed by atoms with van der Waals surface area (Å²) in [4.78, 5) is 26.8. The van der Waals surface area contributed by atoms with Gasteiger partial charge in [-0.1, -0.05) is 60.7 Å². The quantitative estimate of drug-likeness (QED) is 0.302. The molecule has 37 heavy (non-hydrogen) atoms. The predicted octanol–water partition coefficient (Wildman–Crippen LogP) is 2.41. The Hall–Kier alpha value is -3.72. The normalized spacial score (nSPS) is 16.2. The van der Waals surface area contributed by atoms with Crippen molar-refractivity contribution in [3.63, 3.8) is 0 Å². The number of methoxy groups -OCH3 is 1. The van der Waals surface area contributed by atoms with Gasteiger partial charge < -0.3 is 30.5 Å². The lowest BCUT2D eigenvalue weighted by Gasteiger charge is -2.26. The second-order valence-corrected chi connectivity index (χ2v) is 9.12. The third-order valence-corrected chi connectivity index (χ3v) is 6.53. The molecule has 1 aliphatic rings. The van der Waals surface area contributed by atoms with Crippen LogP contribution in [0.2, 0.25) is 0 Å². The molecule has 2 amide bonds. The number of ether oxygens (including phenoxy) is 1. The number of carbonyl (C=O) groups excluding carboxylic acids is 2. The lowest BCUT2D eigenvalue weighted by Crippen LogP contribution is -2.49. The third-order valence-electron chi connectivity index (χ3n) is 6.53. The van der Waals surface area contributed by atoms with Crippen molar-refractivity contribution in [1.82, 2.24) is 15.5 Å². The van der Waals surface area contributed by atoms with Crippen LogP contribution in [0.25, 0.3) is 0 Å². The number of hydrogen-bond acceptors (Lipinski definition) is 6. The van der Waals surface area contributed by atoms with E-state index in [1.54, 1.807) is 31.4 Å². The molecule has 0 fully saturated rings. The molecule has 4 rings (SSSR count). The van der Waals surface area contributed by atoms with E-state index in [1.807, 2.05) is 54.6 Å². The SMILES string of the molecule is COc1cccc(CNC[C@@H](O)[C@H](Cc2ccccc2)NC(=O)CCN2C(=O)c3ccccc3C2O)c1. The first-order valence-electron chi connectivity index (χ1n) is 12.4. The summed E-state index contributed by atoms with van der Waals surface area (Å²) in [5, 5.41) is 27.7. The molecule has 3 aromatic rings. The van der Waals surface area contributed by atoms with Gasteiger partial charge in [-0.15, -0.1) is 0 Å². The Morgan fingerprint density at radius 2 is 1.76 bits per heavy atom. The predicted molar refractivity (Wildman–Crippen MR) is 140 cm³/mol. The van der Waals surface area contributed by atoms with E-state index in [0.717, 1.165) is 16.9 Å². The molecule has 1 heterocycles. The largest absolute Gasteiger partial charge is 0.497 e. The Bertz CT molecular complexity index is 1200. The van der Waals surface area contributed by atoms with E-state index >= 15 is 0 Å². The Labute approximate surface area is 216 Å². The van der Waals surface area contributed by atoms with E-state index < -0.39 is 18.4 Å². The summed E-state index contributed by atoms with van der Waals surface area (Å²) in [7, 11) is 1.62. The van der Waals surface area contributed by atoms with Crippen molar-refractivity contribution < 1.29 is 24.5 Å². The van der Waals surface area contributed by atoms with E-state index in [1.165, 1.54) is 4.90 Å². The number of rotatable bonds is 12. The summed E-state index contributed by atoms with van der Waals surface area (Å²) in [5.41, 5.74) is 3.01. The number of aliphatic hydroxyl groups excluding tert-OH is 2. The van der Waals surface area contributed by atoms with Crippen LogP contribution in [0, 0.1) is 0 Å². The highest BCUT2D eigenvalue weighted by Crippen LogP contribution is 2.31. The van der Waals surface area contributed by atoms with Crippen LogP contribution in [0.15, 0.2) is 78.9 Å². The molecule has 0 saturated carbocycles. The first-order chi connectivity index (χ1) is 18.0. The first kappa shape index (κ1) is 26.3. The Kier molecular flexibility index (Phi) is 8.90. The molecule has 0 bridgehead atoms. The highest BCUT2D eigenvalue weighted by molar-refractivity contribution is 5.99. The van der Waals surface area contributed by atoms with Gasteiger partial charge in [0.05, 0.1) is 19.3 Å². The van der Waals surface area contributed by atoms with Crippen LogP contribution < -0.4 is 15.4 Å². The highest BCUT2D eigenvalue weighted by atomic mass is 16.5. The summed E-state index contributed by atoms with van der Waals surface area (Å²) < 4.78 is 5.26. The lowest BCUT2D eigenvalue weighted by atomic mass is 10.0. The van der Waals surface area contributed by atoms with E-state index in [4.69, 9.17) is 4.74 Å². The number of hydrogen-bond donors (Lipinski definition) is 4. The number of nitrogens with zero attached hydrogens (tertiary/aromatic N) is 1. The van der Waals surface area contributed by atoms with Crippen LogP contribution in [0.3, 0.4) is 0 Å². The third kappa shape index (κ3) is 6.74. The maximum atomic E-state index is 12.9. The number of benzene rings is 3. The first-order valence-corrected chi connectivity index (χ1v) is 12.4. The zero-order valence-electron chi connectivity index (χ0n) is 20.8. The van der Waals surface area contributed by atoms with Crippen molar-refractivity contribution in [3.05, 3.63) is 101 Å². The Morgan fingerprint density at radius 3 is 2.51 bits per heavy atom. The van der Waals surface area contributed by atoms with Crippen LogP contribution in [0.5, 0.6) is 5.75 Å². The van der Waals surface area contributed by atoms with Gasteiger partial charge in [0, 0.05) is 37.2 Å². The van der Waals surface area contributed by atoms with Gasteiger partial charge in [0.25, 0.3) is 5.91 Å². The van der Waals surface area contributed by atoms with Gasteiger partial charge in [0.15, 0.2) is 6.23 Å². The second-order valence-electron chi connectivity index (χ2n) is 9.12. The molecule has 0 spiro atoms. The number of nitrogens with one attached hydrogen (secondary N) is 2. The van der Waals surface area contributed by atoms with Gasteiger partial charge in [0.2, 0.25) is 5.91 Å². The molecular formula is C29H33N3O5. The summed E-state index contributed by atoms with van der Waals surface area (Å²) >= 11 is 0. The van der Waals surface area contributed by atoms with Crippen LogP contribution in [-0.2, 0) is 17.8 Å². The van der Waals surface area contributed by atoms with E-state index in [0.29, 0.717) is 24.1 Å². The molecule has 194 valence electrons. The van der Waals surface area contributed by atoms with Crippen LogP contribution >= 0.6 is 0 Å². The van der Waals surface area contributed by atoms with E-state index in [2.05, 4.69) is 10.6 Å². The van der Waals surface area contributed by atoms with Crippen molar-refractivity contribution in [2.75, 3.05) is 20.2 Å². The molecule has 1 aliphatic heterocycles. The molecule has 3 atom stereocenters. The maximum absolute atomic E-state index is 12.9. The van der Waals surface area contributed by atoms with Gasteiger partial charge in [-0.3, -0.25) is 9.59 Å². The minimum atomic E-state index is -1.07. The monoisotopic (exact) mass is 503 g/mol. The fourth-order valence-corrected chi connectivity index (χ4v) is 4.52. The molecule has 3 aromatic carbocycles. The van der Waals surface area contributed by atoms with Crippen molar-refractivity contribution in [2.24, 2.45) is 0 Å². The van der Waals surface area contributed by atoms with Crippen molar-refractivity contribution >= 4 is 11.8 Å². The summed E-state index contributed by atoms with van der Waals surface area (Å²) in [6.45, 7) is 0.881. The average Bonchev–Trinajstić information content (AvgIpc) is 3.17. The minimum Gasteiger partial charge on any atom is -0.497 e. The number of aliphatic hydroxyl groups is 2. The molecular weight excluding hydrogens is 470 g/mol. The summed E-state index contributed by atoms with van der Waals surface area (Å²) in [5.74, 6) is 0.168. The smallest absolute Gasteiger partial charge is 0.256 e. The average molecular weight is 504 g/mol. The van der Waals surface area contributed by atoms with Gasteiger partial charge in [0.1, 0.15) is 5.75 Å². The van der Waals surface area contributed by atoms with Crippen molar-refractivity contribution in [3.8, 4) is 5.75 Å². The molecule has 8 heteroatoms. The van der Waals surface area contributed by atoms with E-state index in [9.17, 15) is 19.8 Å². The van der Waals surface area contributed by atoms with E-state index in [-0.39, 0.29) is 31.3 Å². The Morgan fingerprint density at radius 1 is 1.03 bits per heavy atom. The zero-order valence-corrected chi connectivity index (χ0v) is 20.8. The van der Waals surface area contributed by atoms with Gasteiger partial charge in [-0.25, -0.2) is 0 Å². The van der Waals surface area contributed by atoms with Gasteiger partial charge in [-0.2, -0.15) is 0 Å². The second kappa shape index (κ2) is 12.5. The molecule has 8 nitrogen and oxygen atoms in total. The fraction of sp³-hybridized carbons (Fsp3) is 0.310.